The highest BCUT2D eigenvalue weighted by Gasteiger charge is 2.50. The van der Waals surface area contributed by atoms with Crippen molar-refractivity contribution in [1.29, 1.82) is 0 Å². The predicted octanol–water partition coefficient (Wildman–Crippen LogP) is 4.92. The molecular formula is C32H37N3O6. The lowest BCUT2D eigenvalue weighted by Gasteiger charge is -2.43. The molecule has 9 nitrogen and oxygen atoms in total. The number of hydrogen-bond donors (Lipinski definition) is 1. The first kappa shape index (κ1) is 28.4. The van der Waals surface area contributed by atoms with Gasteiger partial charge in [0.1, 0.15) is 11.4 Å². The van der Waals surface area contributed by atoms with E-state index in [2.05, 4.69) is 10.2 Å². The van der Waals surface area contributed by atoms with Crippen LogP contribution in [0, 0.1) is 0 Å². The largest absolute Gasteiger partial charge is 0.483 e. The summed E-state index contributed by atoms with van der Waals surface area (Å²) < 4.78 is 20.0. The number of carbonyl (C=O) groups is 2. The molecule has 0 aliphatic carbocycles. The molecule has 0 bridgehead atoms. The number of nitrogens with zero attached hydrogens (tertiary/aromatic N) is 2. The van der Waals surface area contributed by atoms with Crippen LogP contribution in [0.4, 0.5) is 5.69 Å². The van der Waals surface area contributed by atoms with Crippen molar-refractivity contribution < 1.29 is 23.8 Å². The maximum atomic E-state index is 14.4. The van der Waals surface area contributed by atoms with Crippen LogP contribution in [0.5, 0.6) is 5.75 Å². The number of ether oxygens (including phenoxy) is 3. The van der Waals surface area contributed by atoms with Crippen LogP contribution in [0.25, 0.3) is 32.6 Å². The van der Waals surface area contributed by atoms with E-state index < -0.39 is 29.7 Å². The van der Waals surface area contributed by atoms with E-state index in [1.54, 1.807) is 13.8 Å². The summed E-state index contributed by atoms with van der Waals surface area (Å²) in [7, 11) is 5.93. The van der Waals surface area contributed by atoms with Gasteiger partial charge in [-0.1, -0.05) is 24.3 Å². The summed E-state index contributed by atoms with van der Waals surface area (Å²) in [6.45, 7) is 7.72. The lowest BCUT2D eigenvalue weighted by atomic mass is 9.86. The number of aromatic nitrogens is 1. The number of rotatable bonds is 7. The number of nitrogens with one attached hydrogen (secondary N) is 1. The van der Waals surface area contributed by atoms with E-state index in [4.69, 9.17) is 14.2 Å². The summed E-state index contributed by atoms with van der Waals surface area (Å²) in [5.41, 5.74) is 1.24. The van der Waals surface area contributed by atoms with Crippen molar-refractivity contribution >= 4 is 50.2 Å². The van der Waals surface area contributed by atoms with Crippen LogP contribution in [-0.2, 0) is 26.1 Å². The zero-order valence-corrected chi connectivity index (χ0v) is 24.7. The highest BCUT2D eigenvalue weighted by atomic mass is 16.6. The molecule has 1 aromatic heterocycles. The van der Waals surface area contributed by atoms with Crippen LogP contribution in [-0.4, -0.2) is 60.3 Å². The Morgan fingerprint density at radius 2 is 1.71 bits per heavy atom. The Morgan fingerprint density at radius 3 is 2.34 bits per heavy atom. The molecule has 2 atom stereocenters. The maximum Gasteiger partial charge on any atom is 0.303 e. The van der Waals surface area contributed by atoms with Gasteiger partial charge in [-0.25, -0.2) is 0 Å². The summed E-state index contributed by atoms with van der Waals surface area (Å²) in [5.74, 6) is -0.601. The molecule has 2 heterocycles. The summed E-state index contributed by atoms with van der Waals surface area (Å²) in [6.07, 6.45) is -1.08. The van der Waals surface area contributed by atoms with Crippen molar-refractivity contribution in [3.63, 3.8) is 0 Å². The number of carbonyl (C=O) groups excluding carboxylic acids is 2. The molecule has 41 heavy (non-hydrogen) atoms. The lowest BCUT2D eigenvalue weighted by Crippen LogP contribution is -2.52. The first-order valence-electron chi connectivity index (χ1n) is 13.8. The van der Waals surface area contributed by atoms with Crippen molar-refractivity contribution in [2.75, 3.05) is 32.5 Å². The first-order chi connectivity index (χ1) is 19.4. The molecule has 0 radical (unpaired) electrons. The van der Waals surface area contributed by atoms with E-state index >= 15 is 0 Å². The second-order valence-electron chi connectivity index (χ2n) is 11.5. The number of aryl methyl sites for hydroxylation is 1. The van der Waals surface area contributed by atoms with Gasteiger partial charge in [0, 0.05) is 38.9 Å². The zero-order valence-electron chi connectivity index (χ0n) is 24.7. The van der Waals surface area contributed by atoms with E-state index in [1.165, 1.54) is 13.8 Å². The van der Waals surface area contributed by atoms with Gasteiger partial charge >= 0.3 is 11.9 Å². The number of pyridine rings is 1. The Morgan fingerprint density at radius 1 is 1.05 bits per heavy atom. The van der Waals surface area contributed by atoms with E-state index in [0.717, 1.165) is 29.3 Å². The molecule has 1 unspecified atom stereocenters. The molecule has 1 aliphatic rings. The molecule has 9 heteroatoms. The van der Waals surface area contributed by atoms with Gasteiger partial charge in [-0.3, -0.25) is 14.4 Å². The Bertz CT molecular complexity index is 1740. The molecule has 216 valence electrons. The SMILES string of the molecule is CC(=O)OC1c2c(cc(NCCCN(C)C)c3c(=O)c4cc5ccccc5cc4n(C)c23)OC(C)(C)[C@H]1OC(C)=O. The van der Waals surface area contributed by atoms with Crippen molar-refractivity contribution in [1.82, 2.24) is 9.47 Å². The Labute approximate surface area is 239 Å². The molecule has 0 saturated carbocycles. The van der Waals surface area contributed by atoms with Gasteiger partial charge in [0.05, 0.1) is 27.7 Å². The average molecular weight is 560 g/mol. The normalized spacial score (nSPS) is 17.9. The van der Waals surface area contributed by atoms with Crippen molar-refractivity contribution in [3.8, 4) is 5.75 Å². The van der Waals surface area contributed by atoms with Gasteiger partial charge < -0.3 is 29.0 Å². The first-order valence-corrected chi connectivity index (χ1v) is 13.8. The van der Waals surface area contributed by atoms with Gasteiger partial charge in [-0.05, 0) is 63.8 Å². The van der Waals surface area contributed by atoms with Crippen LogP contribution >= 0.6 is 0 Å². The monoisotopic (exact) mass is 559 g/mol. The van der Waals surface area contributed by atoms with Crippen molar-refractivity contribution in [2.45, 2.75) is 51.9 Å². The molecule has 0 amide bonds. The van der Waals surface area contributed by atoms with Gasteiger partial charge in [0.25, 0.3) is 0 Å². The van der Waals surface area contributed by atoms with Crippen molar-refractivity contribution in [2.24, 2.45) is 7.05 Å². The molecule has 1 N–H and O–H groups in total. The highest BCUT2D eigenvalue weighted by molar-refractivity contribution is 6.06. The quantitative estimate of drug-likeness (QED) is 0.194. The Kier molecular flexibility index (Phi) is 7.42. The third-order valence-corrected chi connectivity index (χ3v) is 7.64. The Balaban J connectivity index is 1.87. The standard InChI is InChI=1S/C32H37N3O6/c1-18(36)39-30-27-25(41-32(3,4)31(30)40-19(2)37)17-23(33-13-10-14-34(5)6)26-28(27)35(7)24-16-21-12-9-8-11-20(21)15-22(24)29(26)38/h8-9,11-12,15-17,30-31,33H,10,13-14H2,1-7H3/t30?,31-/m0/s1. The van der Waals surface area contributed by atoms with Crippen LogP contribution < -0.4 is 15.5 Å². The fourth-order valence-electron chi connectivity index (χ4n) is 5.84. The third kappa shape index (κ3) is 5.22. The maximum absolute atomic E-state index is 14.4. The number of benzene rings is 3. The average Bonchev–Trinajstić information content (AvgIpc) is 2.89. The Hall–Kier alpha value is -4.11. The van der Waals surface area contributed by atoms with E-state index in [-0.39, 0.29) is 5.43 Å². The summed E-state index contributed by atoms with van der Waals surface area (Å²) >= 11 is 0. The molecular weight excluding hydrogens is 522 g/mol. The smallest absolute Gasteiger partial charge is 0.303 e. The number of anilines is 1. The summed E-state index contributed by atoms with van der Waals surface area (Å²) in [6, 6.07) is 13.6. The van der Waals surface area contributed by atoms with Crippen LogP contribution in [0.1, 0.15) is 45.8 Å². The second kappa shape index (κ2) is 10.7. The highest BCUT2D eigenvalue weighted by Crippen LogP contribution is 2.48. The fourth-order valence-corrected chi connectivity index (χ4v) is 5.84. The molecule has 5 rings (SSSR count). The van der Waals surface area contributed by atoms with Gasteiger partial charge in [0.15, 0.2) is 17.6 Å². The van der Waals surface area contributed by atoms with E-state index in [1.807, 2.05) is 68.2 Å². The third-order valence-electron chi connectivity index (χ3n) is 7.64. The molecule has 4 aromatic rings. The van der Waals surface area contributed by atoms with E-state index in [9.17, 15) is 14.4 Å². The molecule has 0 spiro atoms. The minimum Gasteiger partial charge on any atom is -0.483 e. The summed E-state index contributed by atoms with van der Waals surface area (Å²) in [5, 5.41) is 6.47. The molecule has 3 aromatic carbocycles. The topological polar surface area (TPSA) is 99.1 Å². The number of hydrogen-bond acceptors (Lipinski definition) is 8. The van der Waals surface area contributed by atoms with Crippen LogP contribution in [0.3, 0.4) is 0 Å². The summed E-state index contributed by atoms with van der Waals surface area (Å²) in [4.78, 5) is 41.1. The van der Waals surface area contributed by atoms with Gasteiger partial charge in [-0.2, -0.15) is 0 Å². The van der Waals surface area contributed by atoms with Crippen molar-refractivity contribution in [3.05, 3.63) is 58.3 Å². The lowest BCUT2D eigenvalue weighted by molar-refractivity contribution is -0.187. The predicted molar refractivity (Wildman–Crippen MR) is 161 cm³/mol. The van der Waals surface area contributed by atoms with E-state index in [0.29, 0.717) is 39.8 Å². The minimum absolute atomic E-state index is 0.146. The number of fused-ring (bicyclic) bond motifs is 5. The van der Waals surface area contributed by atoms with Gasteiger partial charge in [-0.15, -0.1) is 0 Å². The number of esters is 2. The molecule has 0 fully saturated rings. The molecule has 0 saturated heterocycles. The molecule has 1 aliphatic heterocycles. The van der Waals surface area contributed by atoms with Crippen LogP contribution in [0.2, 0.25) is 0 Å². The van der Waals surface area contributed by atoms with Gasteiger partial charge in [0.2, 0.25) is 0 Å². The zero-order chi connectivity index (χ0) is 29.6. The fraction of sp³-hybridized carbons (Fsp3) is 0.406. The minimum atomic E-state index is -1.03. The second-order valence-corrected chi connectivity index (χ2v) is 11.5. The van der Waals surface area contributed by atoms with Crippen LogP contribution in [0.15, 0.2) is 47.3 Å².